The summed E-state index contributed by atoms with van der Waals surface area (Å²) in [6.07, 6.45) is 2.03. The van der Waals surface area contributed by atoms with Gasteiger partial charge in [-0.05, 0) is 21.8 Å². The molecule has 0 saturated heterocycles. The molecule has 0 aromatic carbocycles. The quantitative estimate of drug-likeness (QED) is 0.753. The second-order valence-corrected chi connectivity index (χ2v) is 4.62. The zero-order valence-corrected chi connectivity index (χ0v) is 9.32. The second-order valence-electron chi connectivity index (χ2n) is 3.00. The van der Waals surface area contributed by atoms with E-state index in [4.69, 9.17) is 0 Å². The summed E-state index contributed by atoms with van der Waals surface area (Å²) >= 11 is 5.20. The van der Waals surface area contributed by atoms with Gasteiger partial charge >= 0.3 is 0 Å². The molecule has 0 radical (unpaired) electrons. The third-order valence-electron chi connectivity index (χ3n) is 1.78. The number of nitrogens with zero attached hydrogens (tertiary/aromatic N) is 2. The van der Waals surface area contributed by atoms with Crippen LogP contribution in [0.2, 0.25) is 0 Å². The molecule has 2 aromatic heterocycles. The molecule has 0 amide bonds. The predicted octanol–water partition coefficient (Wildman–Crippen LogP) is 3.28. The lowest BCUT2D eigenvalue weighted by Gasteiger charge is -1.98. The monoisotopic (exact) mass is 244 g/mol. The molecular weight excluding hydrogens is 236 g/mol. The smallest absolute Gasteiger partial charge is 0.194 e. The number of rotatable bonds is 1. The van der Waals surface area contributed by atoms with Crippen molar-refractivity contribution in [1.82, 2.24) is 9.38 Å². The van der Waals surface area contributed by atoms with Crippen molar-refractivity contribution in [2.24, 2.45) is 0 Å². The van der Waals surface area contributed by atoms with E-state index in [1.165, 1.54) is 0 Å². The van der Waals surface area contributed by atoms with Gasteiger partial charge in [-0.1, -0.05) is 13.8 Å². The Kier molecular flexibility index (Phi) is 1.96. The summed E-state index contributed by atoms with van der Waals surface area (Å²) in [6.45, 7) is 4.30. The van der Waals surface area contributed by atoms with Gasteiger partial charge in [0.15, 0.2) is 4.96 Å². The van der Waals surface area contributed by atoms with Gasteiger partial charge in [0.2, 0.25) is 0 Å². The Hall–Kier alpha value is -0.350. The number of imidazole rings is 1. The fourth-order valence-electron chi connectivity index (χ4n) is 1.14. The first-order valence-electron chi connectivity index (χ1n) is 3.81. The van der Waals surface area contributed by atoms with Crippen LogP contribution in [0.25, 0.3) is 4.96 Å². The Morgan fingerprint density at radius 2 is 2.33 bits per heavy atom. The summed E-state index contributed by atoms with van der Waals surface area (Å²) in [7, 11) is 0. The lowest BCUT2D eigenvalue weighted by atomic mass is 10.2. The van der Waals surface area contributed by atoms with Gasteiger partial charge in [-0.3, -0.25) is 4.40 Å². The Bertz CT molecular complexity index is 402. The van der Waals surface area contributed by atoms with E-state index in [2.05, 4.69) is 39.2 Å². The molecule has 0 unspecified atom stereocenters. The zero-order chi connectivity index (χ0) is 8.72. The van der Waals surface area contributed by atoms with Crippen LogP contribution in [-0.2, 0) is 0 Å². The number of aromatic nitrogens is 2. The number of fused-ring (bicyclic) bond motifs is 1. The molecule has 0 spiro atoms. The average molecular weight is 245 g/mol. The van der Waals surface area contributed by atoms with Crippen molar-refractivity contribution in [3.63, 3.8) is 0 Å². The van der Waals surface area contributed by atoms with Crippen molar-refractivity contribution in [2.75, 3.05) is 0 Å². The van der Waals surface area contributed by atoms with E-state index in [1.807, 2.05) is 11.6 Å². The summed E-state index contributed by atoms with van der Waals surface area (Å²) < 4.78 is 3.16. The molecule has 2 aromatic rings. The van der Waals surface area contributed by atoms with Crippen molar-refractivity contribution in [3.8, 4) is 0 Å². The molecule has 2 nitrogen and oxygen atoms in total. The Balaban J connectivity index is 2.70. The Labute approximate surface area is 83.4 Å². The van der Waals surface area contributed by atoms with Crippen LogP contribution in [0.5, 0.6) is 0 Å². The van der Waals surface area contributed by atoms with Crippen LogP contribution in [-0.4, -0.2) is 9.38 Å². The van der Waals surface area contributed by atoms with E-state index in [-0.39, 0.29) is 0 Å². The van der Waals surface area contributed by atoms with Crippen LogP contribution in [0, 0.1) is 0 Å². The minimum absolute atomic E-state index is 0.478. The maximum Gasteiger partial charge on any atom is 0.194 e. The molecule has 0 bridgehead atoms. The van der Waals surface area contributed by atoms with Gasteiger partial charge in [0, 0.05) is 11.6 Å². The van der Waals surface area contributed by atoms with Crippen molar-refractivity contribution in [3.05, 3.63) is 21.9 Å². The topological polar surface area (TPSA) is 17.3 Å². The minimum Gasteiger partial charge on any atom is -0.284 e. The van der Waals surface area contributed by atoms with E-state index in [9.17, 15) is 0 Å². The molecule has 64 valence electrons. The molecule has 0 atom stereocenters. The van der Waals surface area contributed by atoms with Crippen molar-refractivity contribution in [2.45, 2.75) is 19.8 Å². The SMILES string of the molecule is CC(C)c1nc2sccn2c1Br. The zero-order valence-electron chi connectivity index (χ0n) is 6.91. The number of halogens is 1. The van der Waals surface area contributed by atoms with Crippen molar-refractivity contribution in [1.29, 1.82) is 0 Å². The average Bonchev–Trinajstić information content (AvgIpc) is 2.53. The number of hydrogen-bond donors (Lipinski definition) is 0. The largest absolute Gasteiger partial charge is 0.284 e. The highest BCUT2D eigenvalue weighted by Gasteiger charge is 2.12. The Morgan fingerprint density at radius 3 is 2.92 bits per heavy atom. The van der Waals surface area contributed by atoms with Crippen LogP contribution in [0.4, 0.5) is 0 Å². The molecular formula is C8H9BrN2S. The van der Waals surface area contributed by atoms with Gasteiger partial charge < -0.3 is 0 Å². The molecule has 0 saturated carbocycles. The van der Waals surface area contributed by atoms with Gasteiger partial charge in [0.05, 0.1) is 5.69 Å². The predicted molar refractivity (Wildman–Crippen MR) is 54.9 cm³/mol. The first-order valence-corrected chi connectivity index (χ1v) is 5.48. The summed E-state index contributed by atoms with van der Waals surface area (Å²) in [5.74, 6) is 0.478. The fraction of sp³-hybridized carbons (Fsp3) is 0.375. The standard InChI is InChI=1S/C8H9BrN2S/c1-5(2)6-7(9)11-3-4-12-8(11)10-6/h3-5H,1-2H3. The van der Waals surface area contributed by atoms with Crippen molar-refractivity contribution >= 4 is 32.2 Å². The summed E-state index contributed by atoms with van der Waals surface area (Å²) in [4.78, 5) is 5.57. The molecule has 2 heterocycles. The highest BCUT2D eigenvalue weighted by atomic mass is 79.9. The third kappa shape index (κ3) is 1.10. The van der Waals surface area contributed by atoms with Gasteiger partial charge in [0.25, 0.3) is 0 Å². The maximum absolute atomic E-state index is 4.51. The van der Waals surface area contributed by atoms with Crippen LogP contribution < -0.4 is 0 Å². The van der Waals surface area contributed by atoms with Crippen LogP contribution in [0.3, 0.4) is 0 Å². The highest BCUT2D eigenvalue weighted by Crippen LogP contribution is 2.27. The normalized spacial score (nSPS) is 11.7. The van der Waals surface area contributed by atoms with E-state index in [0.717, 1.165) is 15.3 Å². The summed E-state index contributed by atoms with van der Waals surface area (Å²) in [5.41, 5.74) is 1.14. The minimum atomic E-state index is 0.478. The van der Waals surface area contributed by atoms with Crippen molar-refractivity contribution < 1.29 is 0 Å². The number of hydrogen-bond acceptors (Lipinski definition) is 2. The first-order chi connectivity index (χ1) is 5.70. The molecule has 2 rings (SSSR count). The molecule has 12 heavy (non-hydrogen) atoms. The molecule has 4 heteroatoms. The van der Waals surface area contributed by atoms with E-state index >= 15 is 0 Å². The maximum atomic E-state index is 4.51. The second kappa shape index (κ2) is 2.85. The molecule has 0 aliphatic carbocycles. The fourth-order valence-corrected chi connectivity index (χ4v) is 2.81. The van der Waals surface area contributed by atoms with Gasteiger partial charge in [-0.2, -0.15) is 0 Å². The molecule has 0 aliphatic heterocycles. The summed E-state index contributed by atoms with van der Waals surface area (Å²) in [5, 5.41) is 2.04. The van der Waals surface area contributed by atoms with Crippen LogP contribution >= 0.6 is 27.3 Å². The van der Waals surface area contributed by atoms with E-state index in [0.29, 0.717) is 5.92 Å². The van der Waals surface area contributed by atoms with E-state index in [1.54, 1.807) is 11.3 Å². The molecule has 0 N–H and O–H groups in total. The number of thiazole rings is 1. The highest BCUT2D eigenvalue weighted by molar-refractivity contribution is 9.10. The molecule has 0 fully saturated rings. The van der Waals surface area contributed by atoms with E-state index < -0.39 is 0 Å². The third-order valence-corrected chi connectivity index (χ3v) is 3.32. The lowest BCUT2D eigenvalue weighted by Crippen LogP contribution is -1.88. The van der Waals surface area contributed by atoms with Gasteiger partial charge in [-0.15, -0.1) is 11.3 Å². The first kappa shape index (κ1) is 8.26. The van der Waals surface area contributed by atoms with Gasteiger partial charge in [0.1, 0.15) is 4.60 Å². The molecule has 0 aliphatic rings. The Morgan fingerprint density at radius 1 is 1.58 bits per heavy atom. The lowest BCUT2D eigenvalue weighted by molar-refractivity contribution is 0.826. The van der Waals surface area contributed by atoms with Gasteiger partial charge in [-0.25, -0.2) is 4.98 Å². The van der Waals surface area contributed by atoms with Crippen LogP contribution in [0.15, 0.2) is 16.2 Å². The van der Waals surface area contributed by atoms with Crippen LogP contribution in [0.1, 0.15) is 25.5 Å². The summed E-state index contributed by atoms with van der Waals surface area (Å²) in [6, 6.07) is 0.